The molecule has 0 saturated carbocycles. The van der Waals surface area contributed by atoms with Gasteiger partial charge in [-0.15, -0.1) is 0 Å². The van der Waals surface area contributed by atoms with Crippen LogP contribution in [0.5, 0.6) is 5.75 Å². The predicted octanol–water partition coefficient (Wildman–Crippen LogP) is 3.85. The lowest BCUT2D eigenvalue weighted by Crippen LogP contribution is -2.45. The van der Waals surface area contributed by atoms with Crippen LogP contribution in [-0.4, -0.2) is 26.3 Å². The number of nitrogens with zero attached hydrogens (tertiary/aromatic N) is 1. The van der Waals surface area contributed by atoms with Gasteiger partial charge in [-0.3, -0.25) is 0 Å². The Hall–Kier alpha value is -2.85. The second kappa shape index (κ2) is 9.38. The van der Waals surface area contributed by atoms with Gasteiger partial charge in [-0.2, -0.15) is 5.26 Å². The highest BCUT2D eigenvalue weighted by Gasteiger charge is 2.29. The van der Waals surface area contributed by atoms with E-state index in [0.717, 1.165) is 0 Å². The van der Waals surface area contributed by atoms with Gasteiger partial charge in [0.1, 0.15) is 5.75 Å². The van der Waals surface area contributed by atoms with Crippen LogP contribution >= 0.6 is 0 Å². The quantitative estimate of drug-likeness (QED) is 0.761. The average molecular weight is 401 g/mol. The van der Waals surface area contributed by atoms with Crippen molar-refractivity contribution in [2.45, 2.75) is 32.1 Å². The first-order chi connectivity index (χ1) is 13.2. The van der Waals surface area contributed by atoms with Crippen molar-refractivity contribution in [2.24, 2.45) is 5.92 Å². The number of nitriles is 1. The molecule has 2 atom stereocenters. The molecule has 0 aliphatic heterocycles. The zero-order chi connectivity index (χ0) is 20.7. The van der Waals surface area contributed by atoms with Crippen molar-refractivity contribution < 1.29 is 17.9 Å². The summed E-state index contributed by atoms with van der Waals surface area (Å²) in [5, 5.41) is 10.8. The predicted molar refractivity (Wildman–Crippen MR) is 108 cm³/mol. The second-order valence-electron chi connectivity index (χ2n) is 6.90. The summed E-state index contributed by atoms with van der Waals surface area (Å²) in [5.41, 5.74) is 1.08. The van der Waals surface area contributed by atoms with Gasteiger partial charge in [0.25, 0.3) is 0 Å². The van der Waals surface area contributed by atoms with Crippen molar-refractivity contribution in [2.75, 3.05) is 5.75 Å². The molecule has 0 saturated heterocycles. The van der Waals surface area contributed by atoms with E-state index in [1.807, 2.05) is 19.9 Å². The standard InChI is InChI=1S/C21H24N2O4S/c1-15(2)20(23-21(24)27-19-7-5-4-6-8-19)14-28(25,26)16(3)18-11-9-17(13-22)10-12-18/h4-12,15-16,20H,14H2,1-3H3,(H,23,24). The molecule has 2 aromatic carbocycles. The monoisotopic (exact) mass is 400 g/mol. The molecular weight excluding hydrogens is 376 g/mol. The molecular formula is C21H24N2O4S. The summed E-state index contributed by atoms with van der Waals surface area (Å²) in [7, 11) is -3.55. The summed E-state index contributed by atoms with van der Waals surface area (Å²) in [6, 6.07) is 16.5. The first kappa shape index (κ1) is 21.5. The number of para-hydroxylation sites is 1. The number of amides is 1. The van der Waals surface area contributed by atoms with Gasteiger partial charge in [-0.1, -0.05) is 44.2 Å². The highest BCUT2D eigenvalue weighted by atomic mass is 32.2. The van der Waals surface area contributed by atoms with Gasteiger partial charge in [0.05, 0.1) is 22.6 Å². The fourth-order valence-electron chi connectivity index (χ4n) is 2.61. The summed E-state index contributed by atoms with van der Waals surface area (Å²) >= 11 is 0. The SMILES string of the molecule is CC(C)C(CS(=O)(=O)C(C)c1ccc(C#N)cc1)NC(=O)Oc1ccccc1. The third kappa shape index (κ3) is 5.83. The largest absolute Gasteiger partial charge is 0.412 e. The molecule has 2 rings (SSSR count). The fraction of sp³-hybridized carbons (Fsp3) is 0.333. The highest BCUT2D eigenvalue weighted by Crippen LogP contribution is 2.24. The molecule has 2 unspecified atom stereocenters. The van der Waals surface area contributed by atoms with Crippen LogP contribution in [0.4, 0.5) is 4.79 Å². The maximum Gasteiger partial charge on any atom is 0.412 e. The molecule has 0 fully saturated rings. The first-order valence-electron chi connectivity index (χ1n) is 8.98. The van der Waals surface area contributed by atoms with Crippen molar-refractivity contribution in [1.82, 2.24) is 5.32 Å². The first-order valence-corrected chi connectivity index (χ1v) is 10.7. The van der Waals surface area contributed by atoms with Crippen molar-refractivity contribution in [3.63, 3.8) is 0 Å². The lowest BCUT2D eigenvalue weighted by molar-refractivity contribution is 0.193. The van der Waals surface area contributed by atoms with Crippen LogP contribution in [0.2, 0.25) is 0 Å². The molecule has 6 nitrogen and oxygen atoms in total. The molecule has 0 aromatic heterocycles. The van der Waals surface area contributed by atoms with Gasteiger partial charge in [0, 0.05) is 6.04 Å². The molecule has 0 bridgehead atoms. The number of benzene rings is 2. The van der Waals surface area contributed by atoms with Gasteiger partial charge in [0.2, 0.25) is 0 Å². The number of carbonyl (C=O) groups excluding carboxylic acids is 1. The molecule has 1 amide bonds. The van der Waals surface area contributed by atoms with Gasteiger partial charge in [-0.05, 0) is 42.7 Å². The Morgan fingerprint density at radius 1 is 1.07 bits per heavy atom. The summed E-state index contributed by atoms with van der Waals surface area (Å²) in [4.78, 5) is 12.2. The molecule has 7 heteroatoms. The topological polar surface area (TPSA) is 96.3 Å². The number of ether oxygens (including phenoxy) is 1. The van der Waals surface area contributed by atoms with Crippen LogP contribution in [0.15, 0.2) is 54.6 Å². The number of hydrogen-bond donors (Lipinski definition) is 1. The van der Waals surface area contributed by atoms with Gasteiger partial charge in [-0.25, -0.2) is 13.2 Å². The average Bonchev–Trinajstić information content (AvgIpc) is 2.67. The number of nitrogens with one attached hydrogen (secondary N) is 1. The van der Waals surface area contributed by atoms with Crippen molar-refractivity contribution >= 4 is 15.9 Å². The summed E-state index contributed by atoms with van der Waals surface area (Å²) < 4.78 is 31.0. The van der Waals surface area contributed by atoms with E-state index >= 15 is 0 Å². The van der Waals surface area contributed by atoms with Gasteiger partial charge in [0.15, 0.2) is 9.84 Å². The Labute approximate surface area is 166 Å². The van der Waals surface area contributed by atoms with Crippen molar-refractivity contribution in [1.29, 1.82) is 5.26 Å². The Morgan fingerprint density at radius 3 is 2.21 bits per heavy atom. The molecule has 0 aliphatic carbocycles. The zero-order valence-electron chi connectivity index (χ0n) is 16.1. The zero-order valence-corrected chi connectivity index (χ0v) is 16.9. The third-order valence-electron chi connectivity index (χ3n) is 4.52. The van der Waals surface area contributed by atoms with Gasteiger partial charge >= 0.3 is 6.09 Å². The molecule has 28 heavy (non-hydrogen) atoms. The lowest BCUT2D eigenvalue weighted by atomic mass is 10.1. The van der Waals surface area contributed by atoms with E-state index in [0.29, 0.717) is 16.9 Å². The van der Waals surface area contributed by atoms with Crippen LogP contribution < -0.4 is 10.1 Å². The third-order valence-corrected chi connectivity index (χ3v) is 6.69. The maximum atomic E-state index is 12.9. The molecule has 2 aromatic rings. The maximum absolute atomic E-state index is 12.9. The number of sulfone groups is 1. The molecule has 0 heterocycles. The summed E-state index contributed by atoms with van der Waals surface area (Å²) in [6.07, 6.45) is -0.689. The molecule has 1 N–H and O–H groups in total. The lowest BCUT2D eigenvalue weighted by Gasteiger charge is -2.24. The Balaban J connectivity index is 2.08. The molecule has 0 aliphatic rings. The van der Waals surface area contributed by atoms with E-state index in [9.17, 15) is 13.2 Å². The van der Waals surface area contributed by atoms with E-state index in [-0.39, 0.29) is 11.7 Å². The van der Waals surface area contributed by atoms with Crippen molar-refractivity contribution in [3.05, 3.63) is 65.7 Å². The van der Waals surface area contributed by atoms with E-state index in [1.54, 1.807) is 61.5 Å². The van der Waals surface area contributed by atoms with Gasteiger partial charge < -0.3 is 10.1 Å². The van der Waals surface area contributed by atoms with E-state index in [4.69, 9.17) is 10.00 Å². The van der Waals surface area contributed by atoms with E-state index in [1.165, 1.54) is 0 Å². The number of hydrogen-bond acceptors (Lipinski definition) is 5. The molecule has 0 spiro atoms. The minimum atomic E-state index is -3.55. The Morgan fingerprint density at radius 2 is 1.68 bits per heavy atom. The van der Waals surface area contributed by atoms with Crippen LogP contribution in [0.3, 0.4) is 0 Å². The van der Waals surface area contributed by atoms with Crippen LogP contribution in [0, 0.1) is 17.2 Å². The normalized spacial score (nSPS) is 13.4. The van der Waals surface area contributed by atoms with Crippen LogP contribution in [-0.2, 0) is 9.84 Å². The summed E-state index contributed by atoms with van der Waals surface area (Å²) in [5.74, 6) is 0.0676. The van der Waals surface area contributed by atoms with Crippen LogP contribution in [0.25, 0.3) is 0 Å². The second-order valence-corrected chi connectivity index (χ2v) is 9.27. The van der Waals surface area contributed by atoms with Crippen molar-refractivity contribution in [3.8, 4) is 11.8 Å². The summed E-state index contributed by atoms with van der Waals surface area (Å²) in [6.45, 7) is 5.29. The highest BCUT2D eigenvalue weighted by molar-refractivity contribution is 7.91. The molecule has 148 valence electrons. The number of carbonyl (C=O) groups is 1. The number of rotatable bonds is 7. The smallest absolute Gasteiger partial charge is 0.410 e. The molecule has 0 radical (unpaired) electrons. The minimum Gasteiger partial charge on any atom is -0.410 e. The van der Waals surface area contributed by atoms with E-state index in [2.05, 4.69) is 5.32 Å². The Bertz CT molecular complexity index is 933. The minimum absolute atomic E-state index is 0.105. The van der Waals surface area contributed by atoms with E-state index < -0.39 is 27.2 Å². The Kier molecular flexibility index (Phi) is 7.18. The fourth-order valence-corrected chi connectivity index (χ4v) is 4.44. The van der Waals surface area contributed by atoms with Crippen LogP contribution in [0.1, 0.15) is 37.1 Å².